The number of nitrogens with one attached hydrogen (secondary N) is 1. The van der Waals surface area contributed by atoms with Crippen LogP contribution in [-0.2, 0) is 0 Å². The number of ether oxygens (including phenoxy) is 2. The molecule has 2 aliphatic heterocycles. The van der Waals surface area contributed by atoms with Gasteiger partial charge in [-0.25, -0.2) is 0 Å². The predicted octanol–water partition coefficient (Wildman–Crippen LogP) is 3.39. The lowest BCUT2D eigenvalue weighted by molar-refractivity contribution is -0.287. The van der Waals surface area contributed by atoms with Gasteiger partial charge in [-0.05, 0) is 18.4 Å². The Morgan fingerprint density at radius 3 is 2.70 bits per heavy atom. The zero-order valence-electron chi connectivity index (χ0n) is 13.6. The van der Waals surface area contributed by atoms with Crippen LogP contribution in [0.3, 0.4) is 0 Å². The zero-order valence-corrected chi connectivity index (χ0v) is 13.6. The van der Waals surface area contributed by atoms with Gasteiger partial charge in [-0.2, -0.15) is 0 Å². The molecule has 2 atom stereocenters. The molecule has 2 aliphatic rings. The number of piperazine rings is 1. The fourth-order valence-electron chi connectivity index (χ4n) is 3.66. The number of fused-ring (bicyclic) bond motifs is 1. The summed E-state index contributed by atoms with van der Waals surface area (Å²) >= 11 is 0. The molecule has 1 aromatic rings. The van der Waals surface area contributed by atoms with Gasteiger partial charge in [-0.15, -0.1) is 8.78 Å². The highest BCUT2D eigenvalue weighted by molar-refractivity contribution is 5.50. The third-order valence-electron chi connectivity index (χ3n) is 4.61. The lowest BCUT2D eigenvalue weighted by Gasteiger charge is -2.39. The molecule has 6 heteroatoms. The summed E-state index contributed by atoms with van der Waals surface area (Å²) in [7, 11) is 0. The van der Waals surface area contributed by atoms with E-state index in [2.05, 4.69) is 28.8 Å². The number of benzene rings is 1. The Morgan fingerprint density at radius 2 is 2.00 bits per heavy atom. The van der Waals surface area contributed by atoms with Crippen molar-refractivity contribution in [2.45, 2.75) is 39.0 Å². The SMILES string of the molecule is CCCC(C)[C@H](c1cccc2c1OC(F)(F)O2)N1CCNCC1. The van der Waals surface area contributed by atoms with Crippen molar-refractivity contribution in [3.63, 3.8) is 0 Å². The van der Waals surface area contributed by atoms with E-state index >= 15 is 0 Å². The lowest BCUT2D eigenvalue weighted by atomic mass is 9.88. The predicted molar refractivity (Wildman–Crippen MR) is 83.9 cm³/mol. The van der Waals surface area contributed by atoms with Gasteiger partial charge in [0.1, 0.15) is 0 Å². The third-order valence-corrected chi connectivity index (χ3v) is 4.61. The number of nitrogens with zero attached hydrogens (tertiary/aromatic N) is 1. The smallest absolute Gasteiger partial charge is 0.395 e. The summed E-state index contributed by atoms with van der Waals surface area (Å²) in [5.74, 6) is 0.683. The number of hydrogen-bond donors (Lipinski definition) is 1. The molecule has 2 heterocycles. The van der Waals surface area contributed by atoms with Crippen LogP contribution in [-0.4, -0.2) is 37.4 Å². The summed E-state index contributed by atoms with van der Waals surface area (Å²) in [5.41, 5.74) is 0.808. The van der Waals surface area contributed by atoms with Crippen LogP contribution < -0.4 is 14.8 Å². The minimum atomic E-state index is -3.57. The summed E-state index contributed by atoms with van der Waals surface area (Å²) in [4.78, 5) is 2.37. The van der Waals surface area contributed by atoms with Gasteiger partial charge in [-0.3, -0.25) is 4.90 Å². The highest BCUT2D eigenvalue weighted by Crippen LogP contribution is 2.48. The van der Waals surface area contributed by atoms with E-state index in [-0.39, 0.29) is 17.5 Å². The number of para-hydroxylation sites is 1. The number of hydrogen-bond acceptors (Lipinski definition) is 4. The zero-order chi connectivity index (χ0) is 16.4. The second-order valence-electron chi connectivity index (χ2n) is 6.34. The topological polar surface area (TPSA) is 33.7 Å². The molecule has 23 heavy (non-hydrogen) atoms. The molecule has 4 nitrogen and oxygen atoms in total. The van der Waals surface area contributed by atoms with Gasteiger partial charge >= 0.3 is 6.29 Å². The molecule has 0 aliphatic carbocycles. The number of halogens is 2. The van der Waals surface area contributed by atoms with Crippen LogP contribution in [0.1, 0.15) is 38.3 Å². The summed E-state index contributed by atoms with van der Waals surface area (Å²) < 4.78 is 36.5. The first-order valence-corrected chi connectivity index (χ1v) is 8.35. The van der Waals surface area contributed by atoms with Crippen molar-refractivity contribution in [1.82, 2.24) is 10.2 Å². The Kier molecular flexibility index (Phi) is 4.73. The lowest BCUT2D eigenvalue weighted by Crippen LogP contribution is -2.46. The van der Waals surface area contributed by atoms with Crippen molar-refractivity contribution in [1.29, 1.82) is 0 Å². The second kappa shape index (κ2) is 6.61. The van der Waals surface area contributed by atoms with Gasteiger partial charge in [0.25, 0.3) is 0 Å². The molecule has 1 saturated heterocycles. The molecular weight excluding hydrogens is 302 g/mol. The van der Waals surface area contributed by atoms with Crippen LogP contribution in [0.25, 0.3) is 0 Å². The quantitative estimate of drug-likeness (QED) is 0.899. The molecule has 3 rings (SSSR count). The molecule has 1 unspecified atom stereocenters. The van der Waals surface area contributed by atoms with E-state index in [1.807, 2.05) is 6.07 Å². The first-order valence-electron chi connectivity index (χ1n) is 8.35. The van der Waals surface area contributed by atoms with E-state index in [1.54, 1.807) is 12.1 Å². The molecule has 1 aromatic carbocycles. The van der Waals surface area contributed by atoms with Gasteiger partial charge in [-0.1, -0.05) is 32.4 Å². The van der Waals surface area contributed by atoms with Crippen molar-refractivity contribution >= 4 is 0 Å². The van der Waals surface area contributed by atoms with Gasteiger partial charge < -0.3 is 14.8 Å². The maximum absolute atomic E-state index is 13.5. The average Bonchev–Trinajstić information content (AvgIpc) is 2.84. The summed E-state index contributed by atoms with van der Waals surface area (Å²) in [6, 6.07) is 5.26. The van der Waals surface area contributed by atoms with E-state index in [4.69, 9.17) is 4.74 Å². The van der Waals surface area contributed by atoms with Gasteiger partial charge in [0, 0.05) is 37.8 Å². The number of alkyl halides is 2. The number of rotatable bonds is 5. The van der Waals surface area contributed by atoms with E-state index < -0.39 is 6.29 Å². The van der Waals surface area contributed by atoms with E-state index in [0.717, 1.165) is 44.6 Å². The van der Waals surface area contributed by atoms with Gasteiger partial charge in [0.2, 0.25) is 0 Å². The molecule has 128 valence electrons. The molecule has 1 fully saturated rings. The fourth-order valence-corrected chi connectivity index (χ4v) is 3.66. The van der Waals surface area contributed by atoms with Gasteiger partial charge in [0.15, 0.2) is 11.5 Å². The Morgan fingerprint density at radius 1 is 1.26 bits per heavy atom. The normalized spacial score (nSPS) is 22.8. The van der Waals surface area contributed by atoms with E-state index in [1.165, 1.54) is 0 Å². The minimum absolute atomic E-state index is 0.0597. The van der Waals surface area contributed by atoms with Crippen molar-refractivity contribution in [3.05, 3.63) is 23.8 Å². The second-order valence-corrected chi connectivity index (χ2v) is 6.34. The maximum atomic E-state index is 13.5. The van der Waals surface area contributed by atoms with Crippen LogP contribution in [0, 0.1) is 5.92 Å². The molecule has 0 bridgehead atoms. The van der Waals surface area contributed by atoms with E-state index in [9.17, 15) is 8.78 Å². The van der Waals surface area contributed by atoms with Crippen molar-refractivity contribution in [3.8, 4) is 11.5 Å². The highest BCUT2D eigenvalue weighted by Gasteiger charge is 2.46. The Labute approximate surface area is 135 Å². The van der Waals surface area contributed by atoms with Crippen LogP contribution >= 0.6 is 0 Å². The maximum Gasteiger partial charge on any atom is 0.586 e. The largest absolute Gasteiger partial charge is 0.586 e. The standard InChI is InChI=1S/C17H24F2N2O2/c1-3-5-12(2)15(21-10-8-20-9-11-21)13-6-4-7-14-16(13)23-17(18,19)22-14/h4,6-7,12,15,20H,3,5,8-11H2,1-2H3/t12?,15-/m1/s1. The van der Waals surface area contributed by atoms with Crippen LogP contribution in [0.5, 0.6) is 11.5 Å². The summed E-state index contributed by atoms with van der Waals surface area (Å²) in [5, 5.41) is 3.34. The van der Waals surface area contributed by atoms with Crippen LogP contribution in [0.2, 0.25) is 0 Å². The fraction of sp³-hybridized carbons (Fsp3) is 0.647. The Balaban J connectivity index is 1.96. The molecule has 0 spiro atoms. The first-order chi connectivity index (χ1) is 11.0. The molecule has 0 aromatic heterocycles. The Bertz CT molecular complexity index is 547. The summed E-state index contributed by atoms with van der Waals surface area (Å²) in [6.07, 6.45) is -1.47. The molecule has 0 amide bonds. The highest BCUT2D eigenvalue weighted by atomic mass is 19.3. The van der Waals surface area contributed by atoms with Crippen LogP contribution in [0.4, 0.5) is 8.78 Å². The van der Waals surface area contributed by atoms with Crippen LogP contribution in [0.15, 0.2) is 18.2 Å². The van der Waals surface area contributed by atoms with Crippen molar-refractivity contribution in [2.75, 3.05) is 26.2 Å². The Hall–Kier alpha value is -1.40. The third kappa shape index (κ3) is 3.43. The minimum Gasteiger partial charge on any atom is -0.395 e. The molecule has 0 saturated carbocycles. The summed E-state index contributed by atoms with van der Waals surface area (Å²) in [6.45, 7) is 7.97. The molecule has 0 radical (unpaired) electrons. The van der Waals surface area contributed by atoms with Crippen molar-refractivity contribution in [2.24, 2.45) is 5.92 Å². The monoisotopic (exact) mass is 326 g/mol. The van der Waals surface area contributed by atoms with Gasteiger partial charge in [0.05, 0.1) is 0 Å². The average molecular weight is 326 g/mol. The molecule has 1 N–H and O–H groups in total. The first kappa shape index (κ1) is 16.5. The van der Waals surface area contributed by atoms with Crippen molar-refractivity contribution < 1.29 is 18.3 Å². The van der Waals surface area contributed by atoms with E-state index in [0.29, 0.717) is 5.92 Å². The molecular formula is C17H24F2N2O2.